The van der Waals surface area contributed by atoms with Crippen molar-refractivity contribution in [3.63, 3.8) is 0 Å². The van der Waals surface area contributed by atoms with Gasteiger partial charge in [-0.05, 0) is 18.9 Å². The van der Waals surface area contributed by atoms with Gasteiger partial charge in [0.15, 0.2) is 0 Å². The van der Waals surface area contributed by atoms with E-state index in [1.54, 1.807) is 6.20 Å². The van der Waals surface area contributed by atoms with Crippen molar-refractivity contribution in [3.05, 3.63) is 18.0 Å². The lowest BCUT2D eigenvalue weighted by Crippen LogP contribution is -2.29. The van der Waals surface area contributed by atoms with Crippen molar-refractivity contribution < 1.29 is 5.11 Å². The summed E-state index contributed by atoms with van der Waals surface area (Å²) in [4.78, 5) is 4.33. The molecular weight excluding hydrogens is 216 g/mol. The molecule has 2 heterocycles. The van der Waals surface area contributed by atoms with Crippen LogP contribution in [0.1, 0.15) is 19.5 Å². The number of aliphatic hydroxyl groups is 1. The number of nitrogens with one attached hydrogen (secondary N) is 2. The highest BCUT2D eigenvalue weighted by Gasteiger charge is 2.15. The molecule has 92 valence electrons. The van der Waals surface area contributed by atoms with E-state index in [9.17, 15) is 5.11 Å². The Morgan fingerprint density at radius 2 is 2.24 bits per heavy atom. The van der Waals surface area contributed by atoms with Gasteiger partial charge in [-0.15, -0.1) is 0 Å². The fourth-order valence-corrected chi connectivity index (χ4v) is 1.82. The lowest BCUT2D eigenvalue weighted by atomic mass is 10.1. The summed E-state index contributed by atoms with van der Waals surface area (Å²) >= 11 is 0. The molecule has 0 spiro atoms. The second-order valence-electron chi connectivity index (χ2n) is 4.58. The summed E-state index contributed by atoms with van der Waals surface area (Å²) in [7, 11) is 0. The zero-order valence-corrected chi connectivity index (χ0v) is 10.4. The molecule has 0 saturated carbocycles. The second-order valence-corrected chi connectivity index (χ2v) is 4.58. The van der Waals surface area contributed by atoms with Gasteiger partial charge < -0.3 is 10.4 Å². The average molecular weight is 234 g/mol. The highest BCUT2D eigenvalue weighted by atomic mass is 16.3. The Kier molecular flexibility index (Phi) is 3.28. The number of H-pyrrole nitrogens is 1. The van der Waals surface area contributed by atoms with Crippen LogP contribution < -0.4 is 5.32 Å². The van der Waals surface area contributed by atoms with Gasteiger partial charge in [-0.25, -0.2) is 4.98 Å². The summed E-state index contributed by atoms with van der Waals surface area (Å²) in [6.07, 6.45) is 1.72. The summed E-state index contributed by atoms with van der Waals surface area (Å²) in [5, 5.41) is 20.7. The first-order valence-electron chi connectivity index (χ1n) is 5.80. The van der Waals surface area contributed by atoms with E-state index < -0.39 is 0 Å². The number of anilines is 1. The number of hydrogen-bond donors (Lipinski definition) is 3. The van der Waals surface area contributed by atoms with Gasteiger partial charge >= 0.3 is 0 Å². The Balaban J connectivity index is 2.38. The van der Waals surface area contributed by atoms with Gasteiger partial charge in [0, 0.05) is 11.9 Å². The summed E-state index contributed by atoms with van der Waals surface area (Å²) in [6.45, 7) is 6.19. The van der Waals surface area contributed by atoms with Gasteiger partial charge in [0.2, 0.25) is 0 Å². The van der Waals surface area contributed by atoms with Crippen molar-refractivity contribution in [2.75, 3.05) is 11.9 Å². The number of aromatic nitrogens is 3. The number of aromatic amines is 1. The van der Waals surface area contributed by atoms with E-state index >= 15 is 0 Å². The molecule has 0 aliphatic rings. The first-order valence-corrected chi connectivity index (χ1v) is 5.80. The Labute approximate surface area is 100 Å². The van der Waals surface area contributed by atoms with Gasteiger partial charge in [0.25, 0.3) is 0 Å². The molecule has 2 aromatic rings. The third kappa shape index (κ3) is 2.24. The molecule has 0 radical (unpaired) electrons. The maximum absolute atomic E-state index is 9.34. The van der Waals surface area contributed by atoms with Crippen LogP contribution in [0.25, 0.3) is 10.9 Å². The molecule has 3 N–H and O–H groups in total. The van der Waals surface area contributed by atoms with E-state index in [1.807, 2.05) is 13.0 Å². The summed E-state index contributed by atoms with van der Waals surface area (Å²) < 4.78 is 0. The Morgan fingerprint density at radius 3 is 2.88 bits per heavy atom. The number of fused-ring (bicyclic) bond motifs is 1. The molecule has 1 atom stereocenters. The molecule has 0 fully saturated rings. The Morgan fingerprint density at radius 1 is 1.47 bits per heavy atom. The van der Waals surface area contributed by atoms with Crippen molar-refractivity contribution in [3.8, 4) is 0 Å². The van der Waals surface area contributed by atoms with E-state index in [0.717, 1.165) is 22.4 Å². The number of aliphatic hydroxyl groups excluding tert-OH is 1. The molecule has 0 saturated heterocycles. The number of pyridine rings is 1. The summed E-state index contributed by atoms with van der Waals surface area (Å²) in [6, 6.07) is 1.87. The Hall–Kier alpha value is -1.62. The zero-order chi connectivity index (χ0) is 12.4. The fourth-order valence-electron chi connectivity index (χ4n) is 1.82. The monoisotopic (exact) mass is 234 g/mol. The van der Waals surface area contributed by atoms with Crippen LogP contribution in [0.15, 0.2) is 12.3 Å². The van der Waals surface area contributed by atoms with E-state index in [4.69, 9.17) is 0 Å². The van der Waals surface area contributed by atoms with E-state index in [1.165, 1.54) is 0 Å². The van der Waals surface area contributed by atoms with Crippen LogP contribution >= 0.6 is 0 Å². The molecule has 5 heteroatoms. The molecule has 0 aromatic carbocycles. The van der Waals surface area contributed by atoms with Crippen molar-refractivity contribution >= 4 is 16.7 Å². The largest absolute Gasteiger partial charge is 0.394 e. The molecule has 0 aliphatic carbocycles. The van der Waals surface area contributed by atoms with Gasteiger partial charge in [0.1, 0.15) is 5.82 Å². The SMILES string of the molecule is Cc1[nH]nc2ccnc(N[C@@H](CO)C(C)C)c12. The third-order valence-electron chi connectivity index (χ3n) is 2.97. The molecule has 0 bridgehead atoms. The molecule has 0 aliphatic heterocycles. The van der Waals surface area contributed by atoms with Gasteiger partial charge in [-0.2, -0.15) is 5.10 Å². The van der Waals surface area contributed by atoms with Crippen LogP contribution in [0.3, 0.4) is 0 Å². The van der Waals surface area contributed by atoms with Crippen LogP contribution in [0.2, 0.25) is 0 Å². The predicted molar refractivity (Wildman–Crippen MR) is 68.0 cm³/mol. The van der Waals surface area contributed by atoms with Crippen LogP contribution in [0.5, 0.6) is 0 Å². The summed E-state index contributed by atoms with van der Waals surface area (Å²) in [5.41, 5.74) is 1.87. The molecule has 0 unspecified atom stereocenters. The minimum Gasteiger partial charge on any atom is -0.394 e. The van der Waals surface area contributed by atoms with E-state index in [-0.39, 0.29) is 12.6 Å². The average Bonchev–Trinajstić information content (AvgIpc) is 2.68. The van der Waals surface area contributed by atoms with Crippen molar-refractivity contribution in [1.82, 2.24) is 15.2 Å². The second kappa shape index (κ2) is 4.71. The molecule has 2 rings (SSSR count). The summed E-state index contributed by atoms with van der Waals surface area (Å²) in [5.74, 6) is 1.12. The minimum absolute atomic E-state index is 0.00222. The molecule has 5 nitrogen and oxygen atoms in total. The number of nitrogens with zero attached hydrogens (tertiary/aromatic N) is 2. The number of rotatable bonds is 4. The number of aryl methyl sites for hydroxylation is 1. The van der Waals surface area contributed by atoms with Gasteiger partial charge in [0.05, 0.1) is 23.6 Å². The maximum atomic E-state index is 9.34. The fraction of sp³-hybridized carbons (Fsp3) is 0.500. The minimum atomic E-state index is 0.00222. The molecular formula is C12H18N4O. The predicted octanol–water partition coefficient (Wildman–Crippen LogP) is 1.70. The first-order chi connectivity index (χ1) is 8.13. The lowest BCUT2D eigenvalue weighted by Gasteiger charge is -2.20. The third-order valence-corrected chi connectivity index (χ3v) is 2.97. The highest BCUT2D eigenvalue weighted by molar-refractivity contribution is 5.91. The van der Waals surface area contributed by atoms with E-state index in [2.05, 4.69) is 34.3 Å². The normalized spacial score (nSPS) is 13.2. The van der Waals surface area contributed by atoms with Crippen molar-refractivity contribution in [2.45, 2.75) is 26.8 Å². The standard InChI is InChI=1S/C12H18N4O/c1-7(2)10(6-17)14-12-11-8(3)15-16-9(11)4-5-13-12/h4-5,7,10,17H,6H2,1-3H3,(H,13,14)(H,15,16)/t10-/m0/s1. The quantitative estimate of drug-likeness (QED) is 0.752. The Bertz CT molecular complexity index is 506. The van der Waals surface area contributed by atoms with Gasteiger partial charge in [-0.1, -0.05) is 13.8 Å². The van der Waals surface area contributed by atoms with Crippen LogP contribution in [0.4, 0.5) is 5.82 Å². The van der Waals surface area contributed by atoms with Crippen molar-refractivity contribution in [2.24, 2.45) is 5.92 Å². The lowest BCUT2D eigenvalue weighted by molar-refractivity contribution is 0.249. The molecule has 2 aromatic heterocycles. The molecule has 0 amide bonds. The maximum Gasteiger partial charge on any atom is 0.137 e. The van der Waals surface area contributed by atoms with Crippen molar-refractivity contribution in [1.29, 1.82) is 0 Å². The number of hydrogen-bond acceptors (Lipinski definition) is 4. The van der Waals surface area contributed by atoms with Crippen LogP contribution in [0, 0.1) is 12.8 Å². The zero-order valence-electron chi connectivity index (χ0n) is 10.4. The van der Waals surface area contributed by atoms with Crippen LogP contribution in [-0.2, 0) is 0 Å². The van der Waals surface area contributed by atoms with Gasteiger partial charge in [-0.3, -0.25) is 5.10 Å². The van der Waals surface area contributed by atoms with Crippen LogP contribution in [-0.4, -0.2) is 32.9 Å². The topological polar surface area (TPSA) is 73.8 Å². The van der Waals surface area contributed by atoms with E-state index in [0.29, 0.717) is 5.92 Å². The first kappa shape index (κ1) is 11.9. The highest BCUT2D eigenvalue weighted by Crippen LogP contribution is 2.23. The molecule has 17 heavy (non-hydrogen) atoms. The smallest absolute Gasteiger partial charge is 0.137 e.